The fraction of sp³-hybridized carbons (Fsp3) is 0.261. The third-order valence-corrected chi connectivity index (χ3v) is 4.59. The van der Waals surface area contributed by atoms with E-state index in [4.69, 9.17) is 21.1 Å². The molecule has 2 aromatic rings. The lowest BCUT2D eigenvalue weighted by Crippen LogP contribution is -2.54. The van der Waals surface area contributed by atoms with Gasteiger partial charge in [-0.3, -0.25) is 14.9 Å². The summed E-state index contributed by atoms with van der Waals surface area (Å²) < 4.78 is 11.1. The van der Waals surface area contributed by atoms with Gasteiger partial charge >= 0.3 is 6.03 Å². The number of rotatable bonds is 7. The Morgan fingerprint density at radius 3 is 2.42 bits per heavy atom. The molecule has 8 heteroatoms. The van der Waals surface area contributed by atoms with Gasteiger partial charge in [-0.1, -0.05) is 24.6 Å². The van der Waals surface area contributed by atoms with Gasteiger partial charge in [0.1, 0.15) is 17.1 Å². The van der Waals surface area contributed by atoms with Gasteiger partial charge in [-0.2, -0.15) is 0 Å². The van der Waals surface area contributed by atoms with Gasteiger partial charge in [0.05, 0.1) is 23.4 Å². The van der Waals surface area contributed by atoms with Gasteiger partial charge in [-0.15, -0.1) is 0 Å². The van der Waals surface area contributed by atoms with Gasteiger partial charge in [0, 0.05) is 0 Å². The maximum absolute atomic E-state index is 13.0. The first-order valence-electron chi connectivity index (χ1n) is 9.90. The summed E-state index contributed by atoms with van der Waals surface area (Å²) in [6.07, 6.45) is 2.20. The standard InChI is InChI=1S/C23H23ClN2O5/c1-4-11-30-17-8-6-16(7-9-17)26-22(28)18(21(27)25-23(26)29)12-15-5-10-20(19(24)13-15)31-14(2)3/h5-10,12-14H,4,11H2,1-3H3,(H,25,27,29)/b18-12-. The fourth-order valence-electron chi connectivity index (χ4n) is 2.93. The molecule has 2 aromatic carbocycles. The number of urea groups is 1. The first kappa shape index (κ1) is 22.4. The van der Waals surface area contributed by atoms with Gasteiger partial charge < -0.3 is 9.47 Å². The topological polar surface area (TPSA) is 84.9 Å². The number of benzene rings is 2. The number of nitrogens with one attached hydrogen (secondary N) is 1. The molecule has 1 N–H and O–H groups in total. The Labute approximate surface area is 185 Å². The van der Waals surface area contributed by atoms with Gasteiger partial charge in [-0.25, -0.2) is 9.69 Å². The molecule has 162 valence electrons. The normalized spacial score (nSPS) is 15.5. The predicted octanol–water partition coefficient (Wildman–Crippen LogP) is 4.58. The van der Waals surface area contributed by atoms with Crippen LogP contribution in [0.1, 0.15) is 32.8 Å². The number of halogens is 1. The summed E-state index contributed by atoms with van der Waals surface area (Å²) in [5.74, 6) is -0.372. The van der Waals surface area contributed by atoms with Crippen LogP contribution in [0.3, 0.4) is 0 Å². The summed E-state index contributed by atoms with van der Waals surface area (Å²) in [7, 11) is 0. The van der Waals surface area contributed by atoms with E-state index < -0.39 is 17.8 Å². The molecular formula is C23H23ClN2O5. The highest BCUT2D eigenvalue weighted by Crippen LogP contribution is 2.29. The van der Waals surface area contributed by atoms with Crippen molar-refractivity contribution in [2.45, 2.75) is 33.3 Å². The van der Waals surface area contributed by atoms with E-state index in [2.05, 4.69) is 5.32 Å². The molecule has 4 amide bonds. The summed E-state index contributed by atoms with van der Waals surface area (Å²) in [5.41, 5.74) is 0.667. The second-order valence-electron chi connectivity index (χ2n) is 7.16. The number of amides is 4. The zero-order valence-corrected chi connectivity index (χ0v) is 18.2. The smallest absolute Gasteiger partial charge is 0.335 e. The van der Waals surface area contributed by atoms with Crippen molar-refractivity contribution in [3.8, 4) is 11.5 Å². The molecule has 0 aromatic heterocycles. The molecule has 0 unspecified atom stereocenters. The number of hydrogen-bond donors (Lipinski definition) is 1. The Balaban J connectivity index is 1.88. The maximum atomic E-state index is 13.0. The van der Waals surface area contributed by atoms with Gasteiger partial charge in [0.2, 0.25) is 0 Å². The molecule has 1 saturated heterocycles. The molecule has 0 saturated carbocycles. The van der Waals surface area contributed by atoms with E-state index in [-0.39, 0.29) is 11.7 Å². The average Bonchev–Trinajstić information content (AvgIpc) is 2.72. The van der Waals surface area contributed by atoms with E-state index >= 15 is 0 Å². The lowest BCUT2D eigenvalue weighted by Gasteiger charge is -2.26. The Morgan fingerprint density at radius 2 is 1.81 bits per heavy atom. The highest BCUT2D eigenvalue weighted by atomic mass is 35.5. The summed E-state index contributed by atoms with van der Waals surface area (Å²) in [4.78, 5) is 38.6. The Kier molecular flexibility index (Phi) is 6.97. The fourth-order valence-corrected chi connectivity index (χ4v) is 3.16. The number of imide groups is 2. The lowest BCUT2D eigenvalue weighted by molar-refractivity contribution is -0.122. The third-order valence-electron chi connectivity index (χ3n) is 4.30. The van der Waals surface area contributed by atoms with Crippen molar-refractivity contribution in [3.63, 3.8) is 0 Å². The molecule has 1 aliphatic heterocycles. The molecule has 1 fully saturated rings. The SMILES string of the molecule is CCCOc1ccc(N2C(=O)NC(=O)/C(=C/c3ccc(OC(C)C)c(Cl)c3)C2=O)cc1. The minimum atomic E-state index is -0.812. The number of barbiturate groups is 1. The number of nitrogens with zero attached hydrogens (tertiary/aromatic N) is 1. The number of carbonyl (C=O) groups excluding carboxylic acids is 3. The largest absolute Gasteiger partial charge is 0.494 e. The summed E-state index contributed by atoms with van der Waals surface area (Å²) in [6.45, 7) is 6.32. The van der Waals surface area contributed by atoms with Crippen LogP contribution in [0.4, 0.5) is 10.5 Å². The number of carbonyl (C=O) groups is 3. The quantitative estimate of drug-likeness (QED) is 0.501. The van der Waals surface area contributed by atoms with Crippen LogP contribution >= 0.6 is 11.6 Å². The van der Waals surface area contributed by atoms with Crippen LogP contribution in [0.2, 0.25) is 5.02 Å². The first-order chi connectivity index (χ1) is 14.8. The van der Waals surface area contributed by atoms with Crippen molar-refractivity contribution < 1.29 is 23.9 Å². The van der Waals surface area contributed by atoms with E-state index in [1.54, 1.807) is 42.5 Å². The first-order valence-corrected chi connectivity index (χ1v) is 10.3. The second kappa shape index (κ2) is 9.66. The van der Waals surface area contributed by atoms with Gasteiger partial charge in [0.25, 0.3) is 11.8 Å². The van der Waals surface area contributed by atoms with Crippen LogP contribution in [-0.2, 0) is 9.59 Å². The van der Waals surface area contributed by atoms with Gasteiger partial charge in [-0.05, 0) is 68.3 Å². The van der Waals surface area contributed by atoms with Gasteiger partial charge in [0.15, 0.2) is 0 Å². The zero-order chi connectivity index (χ0) is 22.5. The monoisotopic (exact) mass is 442 g/mol. The maximum Gasteiger partial charge on any atom is 0.335 e. The molecule has 0 atom stereocenters. The molecule has 31 heavy (non-hydrogen) atoms. The van der Waals surface area contributed by atoms with E-state index in [0.717, 1.165) is 11.3 Å². The number of anilines is 1. The molecule has 1 aliphatic rings. The second-order valence-corrected chi connectivity index (χ2v) is 7.56. The van der Waals surface area contributed by atoms with Crippen molar-refractivity contribution in [1.29, 1.82) is 0 Å². The van der Waals surface area contributed by atoms with E-state index in [1.807, 2.05) is 20.8 Å². The number of ether oxygens (including phenoxy) is 2. The van der Waals surface area contributed by atoms with E-state index in [0.29, 0.717) is 34.4 Å². The third kappa shape index (κ3) is 5.24. The van der Waals surface area contributed by atoms with Crippen LogP contribution in [0.15, 0.2) is 48.0 Å². The van der Waals surface area contributed by atoms with Crippen molar-refractivity contribution >= 4 is 41.2 Å². The van der Waals surface area contributed by atoms with Crippen molar-refractivity contribution in [1.82, 2.24) is 5.32 Å². The van der Waals surface area contributed by atoms with E-state index in [9.17, 15) is 14.4 Å². The molecule has 3 rings (SSSR count). The molecule has 0 bridgehead atoms. The highest BCUT2D eigenvalue weighted by molar-refractivity contribution is 6.39. The zero-order valence-electron chi connectivity index (χ0n) is 17.5. The van der Waals surface area contributed by atoms with Crippen LogP contribution in [0.5, 0.6) is 11.5 Å². The van der Waals surface area contributed by atoms with Crippen molar-refractivity contribution in [2.24, 2.45) is 0 Å². The number of hydrogen-bond acceptors (Lipinski definition) is 5. The molecule has 1 heterocycles. The van der Waals surface area contributed by atoms with Crippen LogP contribution in [-0.4, -0.2) is 30.6 Å². The minimum Gasteiger partial charge on any atom is -0.494 e. The molecule has 0 radical (unpaired) electrons. The van der Waals surface area contributed by atoms with Crippen molar-refractivity contribution in [2.75, 3.05) is 11.5 Å². The summed E-state index contributed by atoms with van der Waals surface area (Å²) >= 11 is 6.25. The molecule has 0 aliphatic carbocycles. The minimum absolute atomic E-state index is 0.0502. The Morgan fingerprint density at radius 1 is 1.10 bits per heavy atom. The van der Waals surface area contributed by atoms with Crippen LogP contribution in [0.25, 0.3) is 6.08 Å². The molecule has 7 nitrogen and oxygen atoms in total. The predicted molar refractivity (Wildman–Crippen MR) is 118 cm³/mol. The van der Waals surface area contributed by atoms with Crippen LogP contribution in [0, 0.1) is 0 Å². The highest BCUT2D eigenvalue weighted by Gasteiger charge is 2.36. The Bertz CT molecular complexity index is 1030. The molecule has 0 spiro atoms. The van der Waals surface area contributed by atoms with Crippen LogP contribution < -0.4 is 19.7 Å². The summed E-state index contributed by atoms with van der Waals surface area (Å²) in [5, 5.41) is 2.55. The van der Waals surface area contributed by atoms with Crippen molar-refractivity contribution in [3.05, 3.63) is 58.6 Å². The lowest BCUT2D eigenvalue weighted by atomic mass is 10.1. The molecular weight excluding hydrogens is 420 g/mol. The summed E-state index contributed by atoms with van der Waals surface area (Å²) in [6, 6.07) is 10.6. The Hall–Kier alpha value is -3.32. The average molecular weight is 443 g/mol. The van der Waals surface area contributed by atoms with E-state index in [1.165, 1.54) is 6.08 Å².